The predicted octanol–water partition coefficient (Wildman–Crippen LogP) is 18.0. The van der Waals surface area contributed by atoms with E-state index < -0.39 is 5.54 Å². The number of aryl methyl sites for hydroxylation is 4. The minimum Gasteiger partial charge on any atom is -0.322 e. The van der Waals surface area contributed by atoms with Gasteiger partial charge in [-0.1, -0.05) is 169 Å². The highest BCUT2D eigenvalue weighted by Gasteiger charge is 2.50. The van der Waals surface area contributed by atoms with Gasteiger partial charge in [-0.15, -0.1) is 0 Å². The van der Waals surface area contributed by atoms with Gasteiger partial charge in [0, 0.05) is 73.8 Å². The SMILES string of the molecule is Cc1cccc(C)c1-c1cc2c3c(c1)N(c1ccccc1)c1cc4c(cc1B3c1ccccc1N2c1ccc2c(c1)C(C)(C)CCC2(C)C)B1c2ccccc2N(c2ccc3c(c2)C(C)(N)CCC3(C)C)c2cc(-c3c(C)cccc3C)cc(c21)N4c1ccccc1. The first kappa shape index (κ1) is 56.7. The fourth-order valence-electron chi connectivity index (χ4n) is 17.8. The minimum atomic E-state index is -0.475. The zero-order valence-electron chi connectivity index (χ0n) is 55.1. The number of benzene rings is 11. The Balaban J connectivity index is 0.982. The molecule has 11 aromatic rings. The van der Waals surface area contributed by atoms with E-state index in [-0.39, 0.29) is 29.7 Å². The maximum Gasteiger partial charge on any atom is 0.252 e. The summed E-state index contributed by atoms with van der Waals surface area (Å²) >= 11 is 0. The predicted molar refractivity (Wildman–Crippen MR) is 393 cm³/mol. The summed E-state index contributed by atoms with van der Waals surface area (Å²) in [5.41, 5.74) is 44.5. The van der Waals surface area contributed by atoms with Crippen LogP contribution in [0.1, 0.15) is 119 Å². The van der Waals surface area contributed by atoms with Gasteiger partial charge in [0.1, 0.15) is 0 Å². The molecule has 1 unspecified atom stereocenters. The number of fused-ring (bicyclic) bond motifs is 10. The van der Waals surface area contributed by atoms with Gasteiger partial charge in [0.05, 0.1) is 0 Å². The summed E-state index contributed by atoms with van der Waals surface area (Å²) < 4.78 is 0. The number of anilines is 12. The number of nitrogens with two attached hydrogens (primary N) is 1. The third-order valence-corrected chi connectivity index (χ3v) is 22.6. The summed E-state index contributed by atoms with van der Waals surface area (Å²) in [6.07, 6.45) is 4.28. The van der Waals surface area contributed by atoms with Crippen LogP contribution in [0.5, 0.6) is 0 Å². The molecule has 11 aromatic carbocycles. The Morgan fingerprint density at radius 3 is 1.09 bits per heavy atom. The second kappa shape index (κ2) is 20.1. The molecule has 0 aromatic heterocycles. The lowest BCUT2D eigenvalue weighted by Gasteiger charge is -2.48. The van der Waals surface area contributed by atoms with Crippen LogP contribution >= 0.6 is 0 Å². The first-order chi connectivity index (χ1) is 44.3. The number of rotatable bonds is 6. The van der Waals surface area contributed by atoms with Crippen LogP contribution in [0.4, 0.5) is 68.2 Å². The lowest BCUT2D eigenvalue weighted by atomic mass is 9.30. The maximum atomic E-state index is 7.44. The van der Waals surface area contributed by atoms with Gasteiger partial charge in [-0.05, 0) is 267 Å². The summed E-state index contributed by atoms with van der Waals surface area (Å²) in [6, 6.07) is 84.7. The number of hydrogen-bond acceptors (Lipinski definition) is 5. The zero-order chi connectivity index (χ0) is 63.1. The fraction of sp³-hybridized carbons (Fsp3) is 0.224. The molecular weight excluding hydrogens is 1110 g/mol. The topological polar surface area (TPSA) is 39.0 Å². The molecule has 6 aliphatic rings. The summed E-state index contributed by atoms with van der Waals surface area (Å²) in [6.45, 7) is 25.7. The van der Waals surface area contributed by atoms with Gasteiger partial charge in [-0.2, -0.15) is 0 Å². The average molecular weight is 1190 g/mol. The van der Waals surface area contributed by atoms with E-state index >= 15 is 0 Å². The van der Waals surface area contributed by atoms with Crippen LogP contribution in [0.2, 0.25) is 0 Å². The lowest BCUT2D eigenvalue weighted by molar-refractivity contribution is 0.319. The van der Waals surface area contributed by atoms with Crippen molar-refractivity contribution in [2.45, 2.75) is 124 Å². The molecule has 0 radical (unpaired) electrons. The monoisotopic (exact) mass is 1190 g/mol. The van der Waals surface area contributed by atoms with E-state index in [0.29, 0.717) is 0 Å². The molecule has 92 heavy (non-hydrogen) atoms. The van der Waals surface area contributed by atoms with Crippen molar-refractivity contribution in [1.82, 2.24) is 0 Å². The Labute approximate surface area is 545 Å². The molecule has 4 aliphatic heterocycles. The van der Waals surface area contributed by atoms with Crippen molar-refractivity contribution >= 4 is 114 Å². The van der Waals surface area contributed by atoms with Gasteiger partial charge >= 0.3 is 0 Å². The van der Waals surface area contributed by atoms with Crippen LogP contribution in [0.15, 0.2) is 218 Å². The number of hydrogen-bond donors (Lipinski definition) is 1. The first-order valence-electron chi connectivity index (χ1n) is 33.5. The molecule has 5 nitrogen and oxygen atoms in total. The Kier molecular flexibility index (Phi) is 12.4. The van der Waals surface area contributed by atoms with Crippen molar-refractivity contribution in [2.24, 2.45) is 5.73 Å². The van der Waals surface area contributed by atoms with Crippen molar-refractivity contribution in [2.75, 3.05) is 19.6 Å². The molecule has 0 bridgehead atoms. The Morgan fingerprint density at radius 1 is 0.293 bits per heavy atom. The van der Waals surface area contributed by atoms with Gasteiger partial charge in [0.2, 0.25) is 0 Å². The fourth-order valence-corrected chi connectivity index (χ4v) is 17.8. The summed E-state index contributed by atoms with van der Waals surface area (Å²) in [5, 5.41) is 0. The molecule has 7 heteroatoms. The zero-order valence-corrected chi connectivity index (χ0v) is 55.1. The van der Waals surface area contributed by atoms with Crippen molar-refractivity contribution in [3.63, 3.8) is 0 Å². The molecule has 17 rings (SSSR count). The highest BCUT2D eigenvalue weighted by Crippen LogP contribution is 2.54. The maximum absolute atomic E-state index is 7.44. The van der Waals surface area contributed by atoms with Gasteiger partial charge in [0.15, 0.2) is 0 Å². The van der Waals surface area contributed by atoms with Crippen molar-refractivity contribution in [1.29, 1.82) is 0 Å². The summed E-state index contributed by atoms with van der Waals surface area (Å²) in [7, 11) is 0. The molecule has 2 N–H and O–H groups in total. The quantitative estimate of drug-likeness (QED) is 0.168. The Bertz CT molecular complexity index is 4580. The highest BCUT2D eigenvalue weighted by molar-refractivity contribution is 7.03. The van der Waals surface area contributed by atoms with E-state index in [0.717, 1.165) is 36.3 Å². The molecule has 2 aliphatic carbocycles. The molecule has 0 spiro atoms. The second-order valence-corrected chi connectivity index (χ2v) is 29.9. The second-order valence-electron chi connectivity index (χ2n) is 29.9. The molecular formula is C85H79B2N5. The molecule has 450 valence electrons. The number of nitrogens with zero attached hydrogens (tertiary/aromatic N) is 4. The third-order valence-electron chi connectivity index (χ3n) is 22.6. The average Bonchev–Trinajstić information content (AvgIpc) is 0.686. The molecule has 0 saturated carbocycles. The molecule has 0 amide bonds. The van der Waals surface area contributed by atoms with E-state index in [1.807, 2.05) is 0 Å². The largest absolute Gasteiger partial charge is 0.322 e. The normalized spacial score (nSPS) is 18.0. The van der Waals surface area contributed by atoms with Crippen LogP contribution < -0.4 is 58.1 Å². The van der Waals surface area contributed by atoms with Crippen molar-refractivity contribution in [3.05, 3.63) is 263 Å². The third kappa shape index (κ3) is 8.29. The van der Waals surface area contributed by atoms with Gasteiger partial charge in [-0.3, -0.25) is 0 Å². The molecule has 0 fully saturated rings. The lowest BCUT2D eigenvalue weighted by Crippen LogP contribution is -2.65. The Morgan fingerprint density at radius 2 is 0.652 bits per heavy atom. The van der Waals surface area contributed by atoms with E-state index in [2.05, 4.69) is 314 Å². The van der Waals surface area contributed by atoms with Crippen LogP contribution in [-0.4, -0.2) is 13.4 Å². The summed E-state index contributed by atoms with van der Waals surface area (Å²) in [5.74, 6) is 0. The smallest absolute Gasteiger partial charge is 0.252 e. The van der Waals surface area contributed by atoms with Gasteiger partial charge < -0.3 is 25.3 Å². The minimum absolute atomic E-state index is 0.00453. The van der Waals surface area contributed by atoms with Crippen molar-refractivity contribution < 1.29 is 0 Å². The van der Waals surface area contributed by atoms with E-state index in [1.54, 1.807) is 0 Å². The van der Waals surface area contributed by atoms with Crippen LogP contribution in [0.3, 0.4) is 0 Å². The van der Waals surface area contributed by atoms with Gasteiger partial charge in [0.25, 0.3) is 13.4 Å². The van der Waals surface area contributed by atoms with Crippen LogP contribution in [0, 0.1) is 27.7 Å². The van der Waals surface area contributed by atoms with E-state index in [4.69, 9.17) is 5.73 Å². The van der Waals surface area contributed by atoms with E-state index in [1.165, 1.54) is 157 Å². The van der Waals surface area contributed by atoms with Gasteiger partial charge in [-0.25, -0.2) is 0 Å². The first-order valence-corrected chi connectivity index (χ1v) is 33.5. The molecule has 4 heterocycles. The standard InChI is InChI=1S/C85H79B2N5/c1-52-24-22-25-53(2)78(52)56-44-74-80-76(46-56)91(60-36-38-62-64(48-60)84(9,10)41-40-82(62,5)6)70-34-20-18-32-66(70)86(80)68-50-69-73(51-72(68)89(74)58-28-14-12-15-29-58)90(59-30-16-13-17-31-59)75-45-57(79-54(3)26-23-27-55(79)4)47-77-81(75)87(69)67-33-19-21-35-71(67)92(77)61-37-39-63-65(49-61)85(11,88)43-42-83(63,7)8/h12-39,44-51H,40-43,88H2,1-11H3. The van der Waals surface area contributed by atoms with Crippen molar-refractivity contribution in [3.8, 4) is 22.3 Å². The molecule has 0 saturated heterocycles. The highest BCUT2D eigenvalue weighted by atomic mass is 15.2. The van der Waals surface area contributed by atoms with Crippen LogP contribution in [-0.2, 0) is 21.8 Å². The number of para-hydroxylation sites is 4. The Hall–Kier alpha value is -9.29. The van der Waals surface area contributed by atoms with Crippen LogP contribution in [0.25, 0.3) is 22.3 Å². The molecule has 1 atom stereocenters. The summed E-state index contributed by atoms with van der Waals surface area (Å²) in [4.78, 5) is 10.5. The van der Waals surface area contributed by atoms with E-state index in [9.17, 15) is 0 Å².